The molecule has 0 saturated heterocycles. The number of carboxylic acids is 1. The van der Waals surface area contributed by atoms with Crippen molar-refractivity contribution in [3.8, 4) is 0 Å². The van der Waals surface area contributed by atoms with Crippen LogP contribution in [0.25, 0.3) is 10.9 Å². The molecule has 1 aliphatic carbocycles. The number of nitrogens with zero attached hydrogens (tertiary/aromatic N) is 1. The molecule has 1 radical (unpaired) electrons. The quantitative estimate of drug-likeness (QED) is 0.466. The summed E-state index contributed by atoms with van der Waals surface area (Å²) in [5, 5.41) is 14.0. The third-order valence-electron chi connectivity index (χ3n) is 6.87. The Morgan fingerprint density at radius 3 is 2.53 bits per heavy atom. The Balaban J connectivity index is 0.00000289. The topological polar surface area (TPSA) is 68.4 Å². The van der Waals surface area contributed by atoms with Gasteiger partial charge in [0.25, 0.3) is 0 Å². The molecule has 0 aliphatic heterocycles. The molecule has 1 saturated carbocycles. The van der Waals surface area contributed by atoms with Gasteiger partial charge in [-0.1, -0.05) is 30.3 Å². The fraction of sp³-hybridized carbons (Fsp3) is 0.400. The van der Waals surface area contributed by atoms with Crippen molar-refractivity contribution in [1.82, 2.24) is 15.2 Å². The van der Waals surface area contributed by atoms with Crippen LogP contribution in [0.15, 0.2) is 54.7 Å². The van der Waals surface area contributed by atoms with Crippen LogP contribution in [0.2, 0.25) is 0 Å². The van der Waals surface area contributed by atoms with Crippen LogP contribution < -0.4 is 5.32 Å². The van der Waals surface area contributed by atoms with Gasteiger partial charge in [0.15, 0.2) is 0 Å². The average molecular weight is 463 g/mol. The van der Waals surface area contributed by atoms with Gasteiger partial charge in [0.05, 0.1) is 0 Å². The minimum Gasteiger partial charge on any atom is -0.480 e. The predicted octanol–water partition coefficient (Wildman–Crippen LogP) is 3.91. The van der Waals surface area contributed by atoms with Gasteiger partial charge in [0, 0.05) is 86.5 Å². The molecule has 1 aliphatic rings. The van der Waals surface area contributed by atoms with Crippen molar-refractivity contribution in [2.45, 2.75) is 49.7 Å². The van der Waals surface area contributed by atoms with Gasteiger partial charge in [-0.3, -0.25) is 9.69 Å². The largest absolute Gasteiger partial charge is 0.480 e. The smallest absolute Gasteiger partial charge is 0.321 e. The second-order valence-corrected chi connectivity index (χ2v) is 8.83. The molecule has 1 aromatic heterocycles. The van der Waals surface area contributed by atoms with E-state index < -0.39 is 12.0 Å². The number of hydrogen-bond acceptors (Lipinski definition) is 3. The summed E-state index contributed by atoms with van der Waals surface area (Å²) in [5.41, 5.74) is 2.93. The Labute approximate surface area is 231 Å². The molecule has 3 aromatic rings. The number of rotatable bonds is 7. The van der Waals surface area contributed by atoms with Gasteiger partial charge in [0.2, 0.25) is 0 Å². The molecule has 7 heteroatoms. The summed E-state index contributed by atoms with van der Waals surface area (Å²) in [5.74, 6) is -1.19. The van der Waals surface area contributed by atoms with E-state index in [1.165, 1.54) is 17.7 Å². The van der Waals surface area contributed by atoms with Crippen LogP contribution in [0.4, 0.5) is 4.39 Å². The number of H-pyrrole nitrogens is 1. The van der Waals surface area contributed by atoms with E-state index in [2.05, 4.69) is 53.6 Å². The molecule has 2 aromatic carbocycles. The maximum atomic E-state index is 13.7. The van der Waals surface area contributed by atoms with Crippen molar-refractivity contribution in [2.75, 3.05) is 14.1 Å². The minimum absolute atomic E-state index is 0. The fourth-order valence-electron chi connectivity index (χ4n) is 5.05. The number of fused-ring (bicyclic) bond motifs is 1. The minimum atomic E-state index is -0.877. The van der Waals surface area contributed by atoms with E-state index in [1.54, 1.807) is 12.3 Å². The molecule has 0 amide bonds. The molecule has 5 nitrogen and oxygen atoms in total. The number of carboxylic acid groups (broad SMARTS) is 1. The molecular formula is C25H30FKN3O2. The van der Waals surface area contributed by atoms with Crippen molar-refractivity contribution in [1.29, 1.82) is 0 Å². The van der Waals surface area contributed by atoms with Crippen LogP contribution in [-0.2, 0) is 16.8 Å². The molecule has 1 atom stereocenters. The molecular weight excluding hydrogens is 432 g/mol. The summed E-state index contributed by atoms with van der Waals surface area (Å²) < 4.78 is 13.7. The zero-order valence-electron chi connectivity index (χ0n) is 19.1. The SMILES string of the molecule is CN(C)C1(c2ccccc2)CCC(NC(Cc2c[nH]c3ccc(F)cc23)C(=O)O)CC1.[K]. The standard InChI is InChI=1S/C25H30FN3O2.K/c1-29(2)25(18-6-4-3-5-7-18)12-10-20(11-13-25)28-23(24(30)31)14-17-16-27-22-9-8-19(26)15-21(17)22;/h3-9,15-16,20,23,27-28H,10-14H2,1-2H3,(H,30,31);. The van der Waals surface area contributed by atoms with E-state index >= 15 is 0 Å². The van der Waals surface area contributed by atoms with Crippen molar-refractivity contribution < 1.29 is 14.3 Å². The summed E-state index contributed by atoms with van der Waals surface area (Å²) in [4.78, 5) is 17.4. The number of carbonyl (C=O) groups is 1. The molecule has 1 heterocycles. The maximum absolute atomic E-state index is 13.7. The Morgan fingerprint density at radius 1 is 1.22 bits per heavy atom. The first-order chi connectivity index (χ1) is 14.9. The normalized spacial score (nSPS) is 21.9. The molecule has 32 heavy (non-hydrogen) atoms. The Bertz CT molecular complexity index is 1050. The third-order valence-corrected chi connectivity index (χ3v) is 6.87. The van der Waals surface area contributed by atoms with Gasteiger partial charge in [-0.2, -0.15) is 0 Å². The Hall–Kier alpha value is -1.06. The van der Waals surface area contributed by atoms with Crippen molar-refractivity contribution in [3.05, 3.63) is 71.7 Å². The van der Waals surface area contributed by atoms with E-state index in [0.29, 0.717) is 6.42 Å². The fourth-order valence-corrected chi connectivity index (χ4v) is 5.05. The number of aromatic nitrogens is 1. The van der Waals surface area contributed by atoms with Crippen LogP contribution in [0.5, 0.6) is 0 Å². The van der Waals surface area contributed by atoms with Crippen molar-refractivity contribution in [3.63, 3.8) is 0 Å². The molecule has 0 bridgehead atoms. The van der Waals surface area contributed by atoms with Crippen LogP contribution in [0.1, 0.15) is 36.8 Å². The molecule has 0 spiro atoms. The van der Waals surface area contributed by atoms with E-state index in [1.807, 2.05) is 6.07 Å². The monoisotopic (exact) mass is 462 g/mol. The summed E-state index contributed by atoms with van der Waals surface area (Å²) >= 11 is 0. The zero-order chi connectivity index (χ0) is 22.0. The zero-order valence-corrected chi connectivity index (χ0v) is 22.2. The van der Waals surface area contributed by atoms with Gasteiger partial charge in [0.1, 0.15) is 11.9 Å². The van der Waals surface area contributed by atoms with Crippen molar-refractivity contribution >= 4 is 68.3 Å². The third kappa shape index (κ3) is 5.36. The molecule has 1 fully saturated rings. The van der Waals surface area contributed by atoms with Gasteiger partial charge in [-0.25, -0.2) is 4.39 Å². The number of benzene rings is 2. The van der Waals surface area contributed by atoms with Gasteiger partial charge >= 0.3 is 5.97 Å². The first-order valence-corrected chi connectivity index (χ1v) is 10.9. The number of halogens is 1. The summed E-state index contributed by atoms with van der Waals surface area (Å²) in [6, 6.07) is 14.5. The van der Waals surface area contributed by atoms with Gasteiger partial charge in [-0.15, -0.1) is 0 Å². The first kappa shape index (κ1) is 25.6. The van der Waals surface area contributed by atoms with E-state index in [-0.39, 0.29) is 68.8 Å². The number of nitrogens with one attached hydrogen (secondary N) is 2. The average Bonchev–Trinajstić information content (AvgIpc) is 3.16. The van der Waals surface area contributed by atoms with Crippen LogP contribution in [0, 0.1) is 5.82 Å². The summed E-state index contributed by atoms with van der Waals surface area (Å²) in [7, 11) is 4.24. The van der Waals surface area contributed by atoms with Gasteiger partial charge < -0.3 is 15.4 Å². The van der Waals surface area contributed by atoms with E-state index in [0.717, 1.165) is 42.1 Å². The van der Waals surface area contributed by atoms with Gasteiger partial charge in [-0.05, 0) is 69.1 Å². The van der Waals surface area contributed by atoms with E-state index in [4.69, 9.17) is 0 Å². The molecule has 4 rings (SSSR count). The summed E-state index contributed by atoms with van der Waals surface area (Å²) in [6.07, 6.45) is 5.83. The van der Waals surface area contributed by atoms with Crippen LogP contribution >= 0.6 is 0 Å². The number of hydrogen-bond donors (Lipinski definition) is 3. The van der Waals surface area contributed by atoms with Crippen molar-refractivity contribution in [2.24, 2.45) is 0 Å². The first-order valence-electron chi connectivity index (χ1n) is 10.9. The molecule has 3 N–H and O–H groups in total. The second kappa shape index (κ2) is 10.9. The Morgan fingerprint density at radius 2 is 1.91 bits per heavy atom. The predicted molar refractivity (Wildman–Crippen MR) is 126 cm³/mol. The second-order valence-electron chi connectivity index (χ2n) is 8.83. The number of aliphatic carboxylic acids is 1. The summed E-state index contributed by atoms with van der Waals surface area (Å²) in [6.45, 7) is 0. The maximum Gasteiger partial charge on any atom is 0.321 e. The molecule has 1 unspecified atom stereocenters. The molecule has 165 valence electrons. The Kier molecular flexibility index (Phi) is 8.71. The van der Waals surface area contributed by atoms with Crippen LogP contribution in [-0.4, -0.2) is 98.5 Å². The number of aromatic amines is 1. The van der Waals surface area contributed by atoms with E-state index in [9.17, 15) is 14.3 Å². The van der Waals surface area contributed by atoms with Crippen LogP contribution in [0.3, 0.4) is 0 Å².